The third-order valence-electron chi connectivity index (χ3n) is 6.65. The van der Waals surface area contributed by atoms with Crippen molar-refractivity contribution in [2.24, 2.45) is 0 Å². The van der Waals surface area contributed by atoms with Crippen LogP contribution in [0.3, 0.4) is 0 Å². The van der Waals surface area contributed by atoms with Gasteiger partial charge in [0.2, 0.25) is 5.78 Å². The molecule has 0 aromatic heterocycles. The number of carbonyl (C=O) groups excluding carboxylic acids is 2. The summed E-state index contributed by atoms with van der Waals surface area (Å²) in [6.07, 6.45) is 0.728. The Labute approximate surface area is 218 Å². The molecule has 8 nitrogen and oxygen atoms in total. The fourth-order valence-electron chi connectivity index (χ4n) is 4.88. The maximum Gasteiger partial charge on any atom is 0.295 e. The molecule has 1 N–H and O–H groups in total. The first-order valence-corrected chi connectivity index (χ1v) is 13.1. The van der Waals surface area contributed by atoms with Crippen LogP contribution in [0.5, 0.6) is 11.5 Å². The van der Waals surface area contributed by atoms with E-state index in [2.05, 4.69) is 0 Å². The summed E-state index contributed by atoms with van der Waals surface area (Å²) in [5.41, 5.74) is 1.05. The maximum atomic E-state index is 13.6. The second-order valence-corrected chi connectivity index (χ2v) is 9.63. The van der Waals surface area contributed by atoms with Crippen LogP contribution in [-0.4, -0.2) is 68.7 Å². The van der Waals surface area contributed by atoms with Gasteiger partial charge in [-0.15, -0.1) is 0 Å². The number of ketones is 1. The zero-order valence-corrected chi connectivity index (χ0v) is 21.8. The normalized spacial score (nSPS) is 20.0. The van der Waals surface area contributed by atoms with Crippen LogP contribution >= 0.6 is 0 Å². The number of morpholine rings is 1. The molecule has 8 heteroatoms. The van der Waals surface area contributed by atoms with Crippen molar-refractivity contribution < 1.29 is 33.8 Å². The van der Waals surface area contributed by atoms with Crippen LogP contribution in [-0.2, 0) is 14.3 Å². The Morgan fingerprint density at radius 3 is 2.32 bits per heavy atom. The van der Waals surface area contributed by atoms with Gasteiger partial charge < -0.3 is 29.1 Å². The lowest BCUT2D eigenvalue weighted by Crippen LogP contribution is -3.14. The highest BCUT2D eigenvalue weighted by Gasteiger charge is 2.44. The summed E-state index contributed by atoms with van der Waals surface area (Å²) in [5.74, 6) is -0.461. The van der Waals surface area contributed by atoms with Crippen LogP contribution in [0.4, 0.5) is 0 Å². The average Bonchev–Trinajstić information content (AvgIpc) is 3.15. The topological polar surface area (TPSA) is 92.6 Å². The smallest absolute Gasteiger partial charge is 0.295 e. The lowest BCUT2D eigenvalue weighted by molar-refractivity contribution is -0.908. The Kier molecular flexibility index (Phi) is 8.84. The number of carbonyl (C=O) groups is 2. The van der Waals surface area contributed by atoms with Gasteiger partial charge in [-0.2, -0.15) is 0 Å². The highest BCUT2D eigenvalue weighted by atomic mass is 16.5. The summed E-state index contributed by atoms with van der Waals surface area (Å²) in [7, 11) is 0. The standard InChI is InChI=1S/C29H36N2O6/c1-4-36-23-10-6-21(7-11-23)26-25(27(32)22-8-12-24(13-9-22)37-20(2)3)28(33)29(34)31(26)15-5-14-30-16-18-35-19-17-30/h6-13,20,26,32H,4-5,14-19H2,1-3H3. The van der Waals surface area contributed by atoms with Crippen molar-refractivity contribution in [1.82, 2.24) is 4.90 Å². The predicted octanol–water partition coefficient (Wildman–Crippen LogP) is 1.40. The largest absolute Gasteiger partial charge is 0.872 e. The van der Waals surface area contributed by atoms with Gasteiger partial charge in [-0.05, 0) is 56.2 Å². The molecule has 1 amide bonds. The predicted molar refractivity (Wildman–Crippen MR) is 137 cm³/mol. The Hall–Kier alpha value is -3.36. The summed E-state index contributed by atoms with van der Waals surface area (Å²) in [4.78, 5) is 29.4. The number of hydrogen-bond acceptors (Lipinski definition) is 6. The second-order valence-electron chi connectivity index (χ2n) is 9.63. The van der Waals surface area contributed by atoms with Gasteiger partial charge in [0.1, 0.15) is 24.6 Å². The first-order chi connectivity index (χ1) is 17.9. The number of nitrogens with one attached hydrogen (secondary N) is 1. The molecule has 2 fully saturated rings. The van der Waals surface area contributed by atoms with E-state index in [4.69, 9.17) is 14.2 Å². The van der Waals surface area contributed by atoms with Gasteiger partial charge in [-0.3, -0.25) is 9.59 Å². The molecule has 37 heavy (non-hydrogen) atoms. The van der Waals surface area contributed by atoms with Crippen LogP contribution in [0.15, 0.2) is 54.1 Å². The summed E-state index contributed by atoms with van der Waals surface area (Å²) >= 11 is 0. The Balaban J connectivity index is 1.65. The quantitative estimate of drug-likeness (QED) is 0.296. The highest BCUT2D eigenvalue weighted by Crippen LogP contribution is 2.39. The molecule has 0 spiro atoms. The lowest BCUT2D eigenvalue weighted by atomic mass is 9.95. The average molecular weight is 509 g/mol. The number of ether oxygens (including phenoxy) is 3. The zero-order valence-electron chi connectivity index (χ0n) is 21.8. The van der Waals surface area contributed by atoms with E-state index in [9.17, 15) is 14.7 Å². The van der Waals surface area contributed by atoms with Crippen LogP contribution in [0, 0.1) is 0 Å². The Morgan fingerprint density at radius 1 is 1.05 bits per heavy atom. The molecule has 2 heterocycles. The van der Waals surface area contributed by atoms with Gasteiger partial charge in [-0.1, -0.05) is 30.0 Å². The molecule has 0 saturated carbocycles. The van der Waals surface area contributed by atoms with Crippen LogP contribution in [0.2, 0.25) is 0 Å². The fourth-order valence-corrected chi connectivity index (χ4v) is 4.88. The molecule has 1 unspecified atom stereocenters. The summed E-state index contributed by atoms with van der Waals surface area (Å²) in [6.45, 7) is 10.9. The number of amides is 1. The van der Waals surface area contributed by atoms with Crippen molar-refractivity contribution in [2.45, 2.75) is 39.3 Å². The minimum Gasteiger partial charge on any atom is -0.872 e. The van der Waals surface area contributed by atoms with E-state index in [0.717, 1.165) is 39.3 Å². The number of hydrogen-bond donors (Lipinski definition) is 1. The minimum atomic E-state index is -0.741. The summed E-state index contributed by atoms with van der Waals surface area (Å²) < 4.78 is 16.7. The molecule has 2 aliphatic rings. The van der Waals surface area contributed by atoms with Crippen molar-refractivity contribution >= 4 is 17.4 Å². The van der Waals surface area contributed by atoms with E-state index in [1.165, 1.54) is 4.90 Å². The van der Waals surface area contributed by atoms with Crippen molar-refractivity contribution in [3.05, 3.63) is 65.2 Å². The molecule has 0 bridgehead atoms. The van der Waals surface area contributed by atoms with Gasteiger partial charge >= 0.3 is 0 Å². The van der Waals surface area contributed by atoms with E-state index in [0.29, 0.717) is 35.8 Å². The number of rotatable bonds is 10. The molecule has 0 radical (unpaired) electrons. The van der Waals surface area contributed by atoms with E-state index in [1.807, 2.05) is 45.0 Å². The first kappa shape index (κ1) is 26.7. The molecule has 2 aliphatic heterocycles. The molecule has 4 rings (SSSR count). The molecule has 0 aliphatic carbocycles. The van der Waals surface area contributed by atoms with Gasteiger partial charge in [0.25, 0.3) is 5.91 Å². The highest BCUT2D eigenvalue weighted by molar-refractivity contribution is 6.46. The van der Waals surface area contributed by atoms with Crippen molar-refractivity contribution in [2.75, 3.05) is 46.0 Å². The molecule has 2 saturated heterocycles. The molecular weight excluding hydrogens is 472 g/mol. The maximum absolute atomic E-state index is 13.6. The van der Waals surface area contributed by atoms with Crippen molar-refractivity contribution in [3.63, 3.8) is 0 Å². The summed E-state index contributed by atoms with van der Waals surface area (Å²) in [6, 6.07) is 13.2. The van der Waals surface area contributed by atoms with Crippen LogP contribution in [0.1, 0.15) is 44.4 Å². The fraction of sp³-hybridized carbons (Fsp3) is 0.448. The molecule has 198 valence electrons. The number of likely N-dealkylation sites (tertiary alicyclic amines) is 1. The Morgan fingerprint density at radius 2 is 1.70 bits per heavy atom. The minimum absolute atomic E-state index is 0.00172. The van der Waals surface area contributed by atoms with Gasteiger partial charge in [0.15, 0.2) is 0 Å². The molecule has 2 aromatic rings. The van der Waals surface area contributed by atoms with Gasteiger partial charge in [0, 0.05) is 18.5 Å². The number of Topliss-reactive ketones (excluding diaryl/α,β-unsaturated/α-hetero) is 1. The van der Waals surface area contributed by atoms with E-state index >= 15 is 0 Å². The Bertz CT molecular complexity index is 1100. The number of benzene rings is 2. The van der Waals surface area contributed by atoms with E-state index < -0.39 is 23.5 Å². The van der Waals surface area contributed by atoms with Crippen molar-refractivity contribution in [3.8, 4) is 11.5 Å². The second kappa shape index (κ2) is 12.3. The molecule has 1 atom stereocenters. The van der Waals surface area contributed by atoms with Crippen LogP contribution < -0.4 is 19.5 Å². The number of nitrogens with zero attached hydrogens (tertiary/aromatic N) is 1. The first-order valence-electron chi connectivity index (χ1n) is 13.1. The molecule has 2 aromatic carbocycles. The van der Waals surface area contributed by atoms with Gasteiger partial charge in [0.05, 0.1) is 38.5 Å². The van der Waals surface area contributed by atoms with Crippen LogP contribution in [0.25, 0.3) is 5.76 Å². The molecular formula is C29H36N2O6. The van der Waals surface area contributed by atoms with E-state index in [1.54, 1.807) is 29.2 Å². The zero-order chi connectivity index (χ0) is 26.4. The third kappa shape index (κ3) is 6.32. The monoisotopic (exact) mass is 508 g/mol. The van der Waals surface area contributed by atoms with Gasteiger partial charge in [-0.25, -0.2) is 0 Å². The summed E-state index contributed by atoms with van der Waals surface area (Å²) in [5, 5.41) is 13.6. The van der Waals surface area contributed by atoms with E-state index in [-0.39, 0.29) is 11.7 Å². The number of quaternary nitrogens is 1. The van der Waals surface area contributed by atoms with Crippen molar-refractivity contribution in [1.29, 1.82) is 0 Å². The SMILES string of the molecule is CCOc1ccc(C2C(=C([O-])c3ccc(OC(C)C)cc3)C(=O)C(=O)N2CCC[NH+]2CCOCC2)cc1. The lowest BCUT2D eigenvalue weighted by Gasteiger charge is -2.29. The third-order valence-corrected chi connectivity index (χ3v) is 6.65.